The van der Waals surface area contributed by atoms with Crippen LogP contribution in [0.4, 0.5) is 10.5 Å². The van der Waals surface area contributed by atoms with Crippen LogP contribution in [0.15, 0.2) is 83.4 Å². The van der Waals surface area contributed by atoms with E-state index in [9.17, 15) is 9.59 Å². The number of ether oxygens (including phenoxy) is 1. The van der Waals surface area contributed by atoms with Crippen LogP contribution in [-0.2, 0) is 11.2 Å². The van der Waals surface area contributed by atoms with E-state index in [1.54, 1.807) is 11.6 Å². The summed E-state index contributed by atoms with van der Waals surface area (Å²) in [6, 6.07) is 19.0. The number of benzene rings is 3. The number of piperazine rings is 1. The van der Waals surface area contributed by atoms with E-state index in [2.05, 4.69) is 57.4 Å². The first-order valence-corrected chi connectivity index (χ1v) is 15.4. The van der Waals surface area contributed by atoms with Crippen LogP contribution in [0, 0.1) is 0 Å². The maximum absolute atomic E-state index is 12.8. The minimum absolute atomic E-state index is 0.0874. The van der Waals surface area contributed by atoms with Gasteiger partial charge in [-0.2, -0.15) is 0 Å². The summed E-state index contributed by atoms with van der Waals surface area (Å²) in [5.74, 6) is 0. The van der Waals surface area contributed by atoms with Crippen LogP contribution in [0.25, 0.3) is 27.2 Å². The molecule has 0 atom stereocenters. The van der Waals surface area contributed by atoms with Gasteiger partial charge < -0.3 is 24.4 Å². The quantitative estimate of drug-likeness (QED) is 0.329. The van der Waals surface area contributed by atoms with E-state index in [4.69, 9.17) is 4.74 Å². The Morgan fingerprint density at radius 1 is 0.837 bits per heavy atom. The van der Waals surface area contributed by atoms with Crippen molar-refractivity contribution in [1.29, 1.82) is 0 Å². The average molecular weight is 576 g/mol. The molecule has 0 spiro atoms. The zero-order chi connectivity index (χ0) is 29.2. The van der Waals surface area contributed by atoms with Gasteiger partial charge in [0.15, 0.2) is 0 Å². The van der Waals surface area contributed by atoms with Crippen LogP contribution < -0.4 is 10.5 Å². The molecule has 4 aromatic rings. The summed E-state index contributed by atoms with van der Waals surface area (Å²) in [7, 11) is 0. The van der Waals surface area contributed by atoms with Gasteiger partial charge >= 0.3 is 6.03 Å². The molecule has 8 nitrogen and oxygen atoms in total. The molecule has 2 amide bonds. The molecule has 8 rings (SSSR count). The minimum atomic E-state index is -0.0874. The molecule has 2 aliphatic heterocycles. The largest absolute Gasteiger partial charge is 0.378 e. The molecule has 0 saturated carbocycles. The number of urea groups is 1. The van der Waals surface area contributed by atoms with Crippen molar-refractivity contribution in [2.75, 3.05) is 57.4 Å². The number of allylic oxidation sites excluding steroid dienone is 4. The number of fused-ring (bicyclic) bond motifs is 5. The Hall–Kier alpha value is -4.43. The van der Waals surface area contributed by atoms with Crippen LogP contribution >= 0.6 is 0 Å². The Kier molecular flexibility index (Phi) is 7.68. The van der Waals surface area contributed by atoms with Crippen molar-refractivity contribution in [1.82, 2.24) is 19.8 Å². The maximum atomic E-state index is 12.8. The number of rotatable bonds is 1. The summed E-state index contributed by atoms with van der Waals surface area (Å²) >= 11 is 0. The zero-order valence-corrected chi connectivity index (χ0v) is 24.4. The molecule has 8 heteroatoms. The number of carbonyl (C=O) groups is 1. The molecular formula is C35H37N5O3. The van der Waals surface area contributed by atoms with Crippen LogP contribution in [0.3, 0.4) is 0 Å². The molecule has 0 bridgehead atoms. The van der Waals surface area contributed by atoms with Crippen molar-refractivity contribution in [2.45, 2.75) is 25.7 Å². The van der Waals surface area contributed by atoms with Gasteiger partial charge in [-0.1, -0.05) is 48.1 Å². The monoisotopic (exact) mass is 575 g/mol. The Labute approximate surface area is 251 Å². The normalized spacial score (nSPS) is 18.3. The number of anilines is 1. The number of amides is 2. The first-order valence-electron chi connectivity index (χ1n) is 15.4. The van der Waals surface area contributed by atoms with Crippen LogP contribution in [-0.4, -0.2) is 78.3 Å². The van der Waals surface area contributed by atoms with Gasteiger partial charge in [0.1, 0.15) is 0 Å². The lowest BCUT2D eigenvalue weighted by molar-refractivity contribution is 0.0428. The molecule has 2 fully saturated rings. The van der Waals surface area contributed by atoms with E-state index in [0.29, 0.717) is 31.7 Å². The van der Waals surface area contributed by atoms with Crippen LogP contribution in [0.2, 0.25) is 0 Å². The van der Waals surface area contributed by atoms with E-state index in [1.165, 1.54) is 58.7 Å². The molecule has 0 unspecified atom stereocenters. The second-order valence-corrected chi connectivity index (χ2v) is 11.6. The van der Waals surface area contributed by atoms with Gasteiger partial charge in [-0.25, -0.2) is 9.78 Å². The van der Waals surface area contributed by atoms with Crippen molar-refractivity contribution in [3.63, 3.8) is 0 Å². The van der Waals surface area contributed by atoms with Gasteiger partial charge in [0.05, 0.1) is 30.4 Å². The summed E-state index contributed by atoms with van der Waals surface area (Å²) in [5, 5.41) is 3.37. The number of H-pyrrole nitrogens is 1. The number of morpholine rings is 1. The molecule has 2 saturated heterocycles. The number of hydrogen-bond donors (Lipinski definition) is 1. The molecule has 3 aromatic carbocycles. The topological polar surface area (TPSA) is 81.8 Å². The maximum Gasteiger partial charge on any atom is 0.320 e. The average Bonchev–Trinajstić information content (AvgIpc) is 3.08. The highest BCUT2D eigenvalue weighted by Gasteiger charge is 2.27. The summed E-state index contributed by atoms with van der Waals surface area (Å²) in [6.45, 7) is 6.05. The molecular weight excluding hydrogens is 538 g/mol. The number of aryl methyl sites for hydroxylation is 1. The summed E-state index contributed by atoms with van der Waals surface area (Å²) in [6.07, 6.45) is 10.8. The number of carbonyl (C=O) groups excluding carboxylic acids is 1. The van der Waals surface area contributed by atoms with Gasteiger partial charge in [-0.15, -0.1) is 0 Å². The molecule has 1 N–H and O–H groups in total. The molecule has 2 aliphatic carbocycles. The molecule has 0 radical (unpaired) electrons. The number of aromatic nitrogens is 2. The molecule has 1 aromatic heterocycles. The molecule has 3 heterocycles. The highest BCUT2D eigenvalue weighted by atomic mass is 16.5. The number of hydrogen-bond acceptors (Lipinski definition) is 5. The Balaban J connectivity index is 0.000000229. The van der Waals surface area contributed by atoms with Gasteiger partial charge in [0, 0.05) is 45.0 Å². The van der Waals surface area contributed by atoms with Crippen molar-refractivity contribution >= 4 is 39.0 Å². The van der Waals surface area contributed by atoms with Gasteiger partial charge in [-0.3, -0.25) is 4.79 Å². The third-order valence-corrected chi connectivity index (χ3v) is 9.10. The molecule has 220 valence electrons. The van der Waals surface area contributed by atoms with Gasteiger partial charge in [0.25, 0.3) is 5.56 Å². The highest BCUT2D eigenvalue weighted by molar-refractivity contribution is 5.95. The lowest BCUT2D eigenvalue weighted by Crippen LogP contribution is -2.54. The third-order valence-electron chi connectivity index (χ3n) is 9.10. The first-order chi connectivity index (χ1) is 21.2. The smallest absolute Gasteiger partial charge is 0.320 e. The van der Waals surface area contributed by atoms with Gasteiger partial charge in [-0.05, 0) is 77.4 Å². The van der Waals surface area contributed by atoms with E-state index in [0.717, 1.165) is 38.1 Å². The van der Waals surface area contributed by atoms with E-state index in [-0.39, 0.29) is 11.6 Å². The second kappa shape index (κ2) is 12.1. The summed E-state index contributed by atoms with van der Waals surface area (Å²) in [4.78, 5) is 36.7. The minimum Gasteiger partial charge on any atom is -0.378 e. The van der Waals surface area contributed by atoms with Crippen molar-refractivity contribution < 1.29 is 9.53 Å². The van der Waals surface area contributed by atoms with Crippen LogP contribution in [0.5, 0.6) is 0 Å². The third kappa shape index (κ3) is 5.55. The lowest BCUT2D eigenvalue weighted by atomic mass is 9.79. The van der Waals surface area contributed by atoms with E-state index in [1.807, 2.05) is 28.0 Å². The summed E-state index contributed by atoms with van der Waals surface area (Å²) in [5.41, 5.74) is 7.99. The predicted octanol–water partition coefficient (Wildman–Crippen LogP) is 5.39. The van der Waals surface area contributed by atoms with Crippen LogP contribution in [0.1, 0.15) is 30.4 Å². The fourth-order valence-electron chi connectivity index (χ4n) is 6.75. The van der Waals surface area contributed by atoms with Crippen molar-refractivity contribution in [3.8, 4) is 0 Å². The number of aromatic amines is 1. The number of para-hydroxylation sites is 1. The molecule has 43 heavy (non-hydrogen) atoms. The SMILES string of the molecule is O=C(N1CCOCC1)N1CCN(c2ccc3c4c(ccc3c2)C2=C(CCC=C2)CC4)CC1.O=c1[nH]cnc2ccccc12. The molecule has 4 aliphatic rings. The Morgan fingerprint density at radius 3 is 2.49 bits per heavy atom. The Bertz CT molecular complexity index is 1770. The number of nitrogens with one attached hydrogen (secondary N) is 1. The fourth-order valence-corrected chi connectivity index (χ4v) is 6.75. The standard InChI is InChI=1S/C27H31N3O2.C8H6N2O/c31-27(30-15-17-32-18-16-30)29-13-11-28(12-14-29)22-7-10-24-21(19-22)6-9-25-23-4-2-1-3-20(23)5-8-26(24)25;11-8-6-3-1-2-4-7(6)9-5-10-8/h2,4,6-7,9-10,19H,1,3,5,8,11-18H2;1-5H,(H,9,10,11). The van der Waals surface area contributed by atoms with Crippen molar-refractivity contribution in [2.24, 2.45) is 0 Å². The van der Waals surface area contributed by atoms with E-state index < -0.39 is 0 Å². The van der Waals surface area contributed by atoms with Crippen molar-refractivity contribution in [3.05, 3.63) is 100 Å². The predicted molar refractivity (Wildman–Crippen MR) is 172 cm³/mol. The van der Waals surface area contributed by atoms with E-state index >= 15 is 0 Å². The van der Waals surface area contributed by atoms with Gasteiger partial charge in [0.2, 0.25) is 0 Å². The lowest BCUT2D eigenvalue weighted by Gasteiger charge is -2.39. The summed E-state index contributed by atoms with van der Waals surface area (Å²) < 4.78 is 5.38. The second-order valence-electron chi connectivity index (χ2n) is 11.6. The highest BCUT2D eigenvalue weighted by Crippen LogP contribution is 2.40. The fraction of sp³-hybridized carbons (Fsp3) is 0.343. The first kappa shape index (κ1) is 27.4. The zero-order valence-electron chi connectivity index (χ0n) is 24.4. The Morgan fingerprint density at radius 2 is 1.65 bits per heavy atom. The number of nitrogens with zero attached hydrogens (tertiary/aromatic N) is 4.